The first kappa shape index (κ1) is 17.0. The second-order valence-corrected chi connectivity index (χ2v) is 7.79. The highest BCUT2D eigenvalue weighted by atomic mass is 32.2. The summed E-state index contributed by atoms with van der Waals surface area (Å²) in [5.41, 5.74) is 0.774. The number of imide groups is 1. The molecule has 0 aromatic carbocycles. The standard InChI is InChI=1S/C19H19N3O3S/c23-17(15-9-12-3-4-14(15)8-12)21-6-7-22-18(24)16(26-19(22)25)10-13-2-1-5-20-11-13/h1-5,10-12,14-15H,6-9H2,(H,21,23)/b16-10-. The first-order valence-electron chi connectivity index (χ1n) is 8.73. The third-order valence-corrected chi connectivity index (χ3v) is 6.01. The maximum absolute atomic E-state index is 12.4. The number of nitrogens with one attached hydrogen (secondary N) is 1. The van der Waals surface area contributed by atoms with Crippen LogP contribution in [0, 0.1) is 17.8 Å². The SMILES string of the molecule is O=C(NCCN1C(=O)S/C(=C\c2cccnc2)C1=O)C1CC2C=CC1C2. The second kappa shape index (κ2) is 7.07. The number of nitrogens with zero attached hydrogens (tertiary/aromatic N) is 2. The van der Waals surface area contributed by atoms with E-state index in [4.69, 9.17) is 0 Å². The number of hydrogen-bond acceptors (Lipinski definition) is 5. The van der Waals surface area contributed by atoms with Gasteiger partial charge in [0, 0.05) is 31.4 Å². The monoisotopic (exact) mass is 369 g/mol. The van der Waals surface area contributed by atoms with Gasteiger partial charge in [-0.3, -0.25) is 24.3 Å². The Bertz CT molecular complexity index is 806. The Labute approximate surface area is 155 Å². The number of allylic oxidation sites excluding steroid dienone is 2. The van der Waals surface area contributed by atoms with Crippen molar-refractivity contribution in [3.63, 3.8) is 0 Å². The summed E-state index contributed by atoms with van der Waals surface area (Å²) in [6.45, 7) is 0.478. The van der Waals surface area contributed by atoms with E-state index in [9.17, 15) is 14.4 Å². The lowest BCUT2D eigenvalue weighted by molar-refractivity contribution is -0.127. The molecule has 3 amide bonds. The minimum Gasteiger partial charge on any atom is -0.354 e. The molecule has 1 aliphatic heterocycles. The summed E-state index contributed by atoms with van der Waals surface area (Å²) < 4.78 is 0. The van der Waals surface area contributed by atoms with E-state index in [1.165, 1.54) is 4.90 Å². The van der Waals surface area contributed by atoms with Crippen LogP contribution in [0.2, 0.25) is 0 Å². The Kier molecular flexibility index (Phi) is 4.63. The number of thioether (sulfide) groups is 1. The number of aromatic nitrogens is 1. The second-order valence-electron chi connectivity index (χ2n) is 6.80. The molecule has 1 saturated heterocycles. The Hall–Kier alpha value is -2.41. The quantitative estimate of drug-likeness (QED) is 0.637. The van der Waals surface area contributed by atoms with E-state index in [-0.39, 0.29) is 36.1 Å². The zero-order valence-electron chi connectivity index (χ0n) is 14.1. The smallest absolute Gasteiger partial charge is 0.293 e. The summed E-state index contributed by atoms with van der Waals surface area (Å²) in [5.74, 6) is 0.625. The van der Waals surface area contributed by atoms with Gasteiger partial charge in [-0.15, -0.1) is 0 Å². The minimum atomic E-state index is -0.319. The summed E-state index contributed by atoms with van der Waals surface area (Å²) in [6.07, 6.45) is 11.3. The molecule has 3 atom stereocenters. The van der Waals surface area contributed by atoms with E-state index >= 15 is 0 Å². The number of amides is 3. The molecular formula is C19H19N3O3S. The highest BCUT2D eigenvalue weighted by Crippen LogP contribution is 2.43. The van der Waals surface area contributed by atoms with Crippen molar-refractivity contribution in [1.82, 2.24) is 15.2 Å². The number of rotatable bonds is 5. The normalized spacial score (nSPS) is 28.4. The molecule has 2 heterocycles. The summed E-state index contributed by atoms with van der Waals surface area (Å²) in [5, 5.41) is 2.58. The third-order valence-electron chi connectivity index (χ3n) is 5.11. The Morgan fingerprint density at radius 2 is 2.23 bits per heavy atom. The van der Waals surface area contributed by atoms with Crippen LogP contribution in [0.5, 0.6) is 0 Å². The van der Waals surface area contributed by atoms with Gasteiger partial charge in [-0.05, 0) is 54.1 Å². The molecule has 1 aromatic rings. The largest absolute Gasteiger partial charge is 0.354 e. The van der Waals surface area contributed by atoms with Crippen LogP contribution in [0.15, 0.2) is 41.6 Å². The van der Waals surface area contributed by atoms with E-state index in [1.54, 1.807) is 24.5 Å². The topological polar surface area (TPSA) is 79.4 Å². The van der Waals surface area contributed by atoms with E-state index in [0.717, 1.165) is 30.2 Å². The number of pyridine rings is 1. The van der Waals surface area contributed by atoms with Gasteiger partial charge in [0.05, 0.1) is 4.91 Å². The highest BCUT2D eigenvalue weighted by Gasteiger charge is 2.40. The molecule has 2 bridgehead atoms. The van der Waals surface area contributed by atoms with Gasteiger partial charge in [-0.1, -0.05) is 18.2 Å². The van der Waals surface area contributed by atoms with Gasteiger partial charge in [-0.2, -0.15) is 0 Å². The van der Waals surface area contributed by atoms with Gasteiger partial charge in [0.2, 0.25) is 5.91 Å². The van der Waals surface area contributed by atoms with Crippen molar-refractivity contribution in [3.05, 3.63) is 47.1 Å². The van der Waals surface area contributed by atoms with Crippen molar-refractivity contribution in [2.45, 2.75) is 12.8 Å². The molecular weight excluding hydrogens is 350 g/mol. The number of carbonyl (C=O) groups is 3. The van der Waals surface area contributed by atoms with E-state index in [1.807, 2.05) is 6.07 Å². The molecule has 134 valence electrons. The fourth-order valence-corrected chi connectivity index (χ4v) is 4.67. The molecule has 3 unspecified atom stereocenters. The lowest BCUT2D eigenvalue weighted by Gasteiger charge is -2.19. The van der Waals surface area contributed by atoms with Gasteiger partial charge in [-0.25, -0.2) is 0 Å². The van der Waals surface area contributed by atoms with E-state index in [2.05, 4.69) is 22.5 Å². The average Bonchev–Trinajstić information content (AvgIpc) is 3.34. The van der Waals surface area contributed by atoms with Crippen LogP contribution in [0.4, 0.5) is 4.79 Å². The van der Waals surface area contributed by atoms with Crippen LogP contribution in [0.25, 0.3) is 6.08 Å². The van der Waals surface area contributed by atoms with Gasteiger partial charge in [0.25, 0.3) is 11.1 Å². The molecule has 0 radical (unpaired) electrons. The van der Waals surface area contributed by atoms with Crippen LogP contribution < -0.4 is 5.32 Å². The van der Waals surface area contributed by atoms with Crippen LogP contribution >= 0.6 is 11.8 Å². The minimum absolute atomic E-state index is 0.0275. The highest BCUT2D eigenvalue weighted by molar-refractivity contribution is 8.18. The molecule has 2 aliphatic carbocycles. The molecule has 1 aromatic heterocycles. The first-order chi connectivity index (χ1) is 12.6. The molecule has 7 heteroatoms. The Morgan fingerprint density at radius 1 is 1.35 bits per heavy atom. The molecule has 26 heavy (non-hydrogen) atoms. The predicted molar refractivity (Wildman–Crippen MR) is 98.8 cm³/mol. The third kappa shape index (κ3) is 3.31. The van der Waals surface area contributed by atoms with E-state index < -0.39 is 0 Å². The first-order valence-corrected chi connectivity index (χ1v) is 9.55. The number of carbonyl (C=O) groups excluding carboxylic acids is 3. The van der Waals surface area contributed by atoms with Crippen LogP contribution in [0.1, 0.15) is 18.4 Å². The van der Waals surface area contributed by atoms with Gasteiger partial charge in [0.15, 0.2) is 0 Å². The van der Waals surface area contributed by atoms with Crippen LogP contribution in [-0.2, 0) is 9.59 Å². The summed E-state index contributed by atoms with van der Waals surface area (Å²) >= 11 is 0.920. The molecule has 3 aliphatic rings. The van der Waals surface area contributed by atoms with Crippen molar-refractivity contribution in [2.75, 3.05) is 13.1 Å². The van der Waals surface area contributed by atoms with E-state index in [0.29, 0.717) is 16.7 Å². The maximum Gasteiger partial charge on any atom is 0.293 e. The van der Waals surface area contributed by atoms with Gasteiger partial charge < -0.3 is 5.32 Å². The Balaban J connectivity index is 1.31. The zero-order valence-corrected chi connectivity index (χ0v) is 14.9. The van der Waals surface area contributed by atoms with Crippen molar-refractivity contribution in [2.24, 2.45) is 17.8 Å². The molecule has 2 fully saturated rings. The molecule has 1 saturated carbocycles. The Morgan fingerprint density at radius 3 is 2.92 bits per heavy atom. The lowest BCUT2D eigenvalue weighted by atomic mass is 9.93. The van der Waals surface area contributed by atoms with Crippen molar-refractivity contribution < 1.29 is 14.4 Å². The van der Waals surface area contributed by atoms with Crippen molar-refractivity contribution >= 4 is 34.9 Å². The summed E-state index contributed by atoms with van der Waals surface area (Å²) in [6, 6.07) is 3.60. The lowest BCUT2D eigenvalue weighted by Crippen LogP contribution is -2.40. The molecule has 0 spiro atoms. The van der Waals surface area contributed by atoms with Crippen LogP contribution in [-0.4, -0.2) is 40.0 Å². The number of fused-ring (bicyclic) bond motifs is 2. The maximum atomic E-state index is 12.4. The molecule has 1 N–H and O–H groups in total. The van der Waals surface area contributed by atoms with Crippen molar-refractivity contribution in [1.29, 1.82) is 0 Å². The zero-order chi connectivity index (χ0) is 18.1. The summed E-state index contributed by atoms with van der Waals surface area (Å²) in [4.78, 5) is 42.4. The molecule has 6 nitrogen and oxygen atoms in total. The molecule has 4 rings (SSSR count). The van der Waals surface area contributed by atoms with Crippen molar-refractivity contribution in [3.8, 4) is 0 Å². The number of hydrogen-bond donors (Lipinski definition) is 1. The van der Waals surface area contributed by atoms with Crippen LogP contribution in [0.3, 0.4) is 0 Å². The fraction of sp³-hybridized carbons (Fsp3) is 0.368. The summed E-state index contributed by atoms with van der Waals surface area (Å²) in [7, 11) is 0. The predicted octanol–water partition coefficient (Wildman–Crippen LogP) is 2.45. The van der Waals surface area contributed by atoms with Gasteiger partial charge in [0.1, 0.15) is 0 Å². The fourth-order valence-electron chi connectivity index (χ4n) is 3.81. The average molecular weight is 369 g/mol. The van der Waals surface area contributed by atoms with Gasteiger partial charge >= 0.3 is 0 Å².